The van der Waals surface area contributed by atoms with Crippen LogP contribution < -0.4 is 4.74 Å². The van der Waals surface area contributed by atoms with Gasteiger partial charge in [0, 0.05) is 17.5 Å². The molecule has 0 saturated heterocycles. The van der Waals surface area contributed by atoms with E-state index in [1.54, 1.807) is 43.3 Å². The van der Waals surface area contributed by atoms with Gasteiger partial charge in [0.25, 0.3) is 0 Å². The molecule has 0 unspecified atom stereocenters. The van der Waals surface area contributed by atoms with Crippen molar-refractivity contribution in [1.29, 1.82) is 5.26 Å². The molecule has 0 atom stereocenters. The minimum absolute atomic E-state index is 0.130. The summed E-state index contributed by atoms with van der Waals surface area (Å²) in [5.41, 5.74) is 2.33. The summed E-state index contributed by atoms with van der Waals surface area (Å²) in [6.45, 7) is 2.04. The van der Waals surface area contributed by atoms with Crippen LogP contribution in [0.5, 0.6) is 5.75 Å². The molecule has 4 aromatic carbocycles. The Kier molecular flexibility index (Phi) is 6.13. The largest absolute Gasteiger partial charge is 0.494 e. The molecule has 0 amide bonds. The van der Waals surface area contributed by atoms with Gasteiger partial charge in [-0.1, -0.05) is 36.4 Å². The molecule has 0 aliphatic heterocycles. The van der Waals surface area contributed by atoms with Crippen LogP contribution in [0.15, 0.2) is 66.7 Å². The maximum Gasteiger partial charge on any atom is 0.137 e. The number of hydrogen-bond donors (Lipinski definition) is 0. The van der Waals surface area contributed by atoms with Crippen molar-refractivity contribution < 1.29 is 17.9 Å². The predicted octanol–water partition coefficient (Wildman–Crippen LogP) is 6.98. The summed E-state index contributed by atoms with van der Waals surface area (Å²) in [6, 6.07) is 19.7. The maximum atomic E-state index is 15.1. The summed E-state index contributed by atoms with van der Waals surface area (Å²) < 4.78 is 49.4. The van der Waals surface area contributed by atoms with Crippen molar-refractivity contribution in [3.8, 4) is 22.9 Å². The number of ether oxygens (including phenoxy) is 1. The number of rotatable bonds is 6. The van der Waals surface area contributed by atoms with E-state index in [1.165, 1.54) is 6.07 Å². The van der Waals surface area contributed by atoms with Crippen molar-refractivity contribution in [3.05, 3.63) is 101 Å². The van der Waals surface area contributed by atoms with Gasteiger partial charge in [0.05, 0.1) is 23.8 Å². The Morgan fingerprint density at radius 3 is 2.22 bits per heavy atom. The van der Waals surface area contributed by atoms with E-state index in [-0.39, 0.29) is 17.1 Å². The molecule has 5 heteroatoms. The topological polar surface area (TPSA) is 33.0 Å². The fourth-order valence-electron chi connectivity index (χ4n) is 3.79. The number of nitriles is 1. The van der Waals surface area contributed by atoms with Crippen LogP contribution in [0.2, 0.25) is 0 Å². The van der Waals surface area contributed by atoms with E-state index in [2.05, 4.69) is 6.07 Å². The van der Waals surface area contributed by atoms with Crippen molar-refractivity contribution in [1.82, 2.24) is 0 Å². The number of benzene rings is 4. The lowest BCUT2D eigenvalue weighted by Crippen LogP contribution is -1.98. The Hall–Kier alpha value is -3.78. The van der Waals surface area contributed by atoms with Gasteiger partial charge in [0.2, 0.25) is 0 Å². The third kappa shape index (κ3) is 4.31. The summed E-state index contributed by atoms with van der Waals surface area (Å²) in [4.78, 5) is 0. The van der Waals surface area contributed by atoms with Crippen molar-refractivity contribution in [2.45, 2.75) is 19.8 Å². The SMILES string of the molecule is CCOc1cc(F)c(-c2ccc3c(F)c(CCc4ccc(C#N)cc4)ccc3c2)c(F)c1. The molecule has 4 rings (SSSR count). The van der Waals surface area contributed by atoms with Gasteiger partial charge in [-0.3, -0.25) is 0 Å². The molecule has 0 spiro atoms. The van der Waals surface area contributed by atoms with Gasteiger partial charge in [0.15, 0.2) is 0 Å². The van der Waals surface area contributed by atoms with Crippen LogP contribution in [0.3, 0.4) is 0 Å². The fourth-order valence-corrected chi connectivity index (χ4v) is 3.79. The van der Waals surface area contributed by atoms with E-state index >= 15 is 4.39 Å². The zero-order valence-corrected chi connectivity index (χ0v) is 17.5. The van der Waals surface area contributed by atoms with Gasteiger partial charge in [0.1, 0.15) is 23.2 Å². The molecule has 0 heterocycles. The molecule has 0 radical (unpaired) electrons. The van der Waals surface area contributed by atoms with Gasteiger partial charge in [-0.05, 0) is 60.0 Å². The van der Waals surface area contributed by atoms with Crippen LogP contribution in [-0.2, 0) is 12.8 Å². The average Bonchev–Trinajstić information content (AvgIpc) is 2.79. The van der Waals surface area contributed by atoms with E-state index in [0.717, 1.165) is 17.7 Å². The Morgan fingerprint density at radius 2 is 1.56 bits per heavy atom. The molecule has 160 valence electrons. The highest BCUT2D eigenvalue weighted by Gasteiger charge is 2.16. The number of hydrogen-bond acceptors (Lipinski definition) is 2. The summed E-state index contributed by atoms with van der Waals surface area (Å²) >= 11 is 0. The highest BCUT2D eigenvalue weighted by molar-refractivity contribution is 5.88. The minimum atomic E-state index is -0.729. The first-order chi connectivity index (χ1) is 15.5. The molecule has 0 aliphatic rings. The Morgan fingerprint density at radius 1 is 0.844 bits per heavy atom. The lowest BCUT2D eigenvalue weighted by Gasteiger charge is -2.11. The van der Waals surface area contributed by atoms with Crippen LogP contribution in [0.25, 0.3) is 21.9 Å². The van der Waals surface area contributed by atoms with E-state index in [1.807, 2.05) is 12.1 Å². The van der Waals surface area contributed by atoms with Gasteiger partial charge in [-0.25, -0.2) is 13.2 Å². The molecule has 0 aliphatic carbocycles. The molecule has 0 fully saturated rings. The number of aryl methyl sites for hydroxylation is 2. The molecule has 0 aromatic heterocycles. The third-order valence-corrected chi connectivity index (χ3v) is 5.42. The molecular formula is C27H20F3NO. The first-order valence-corrected chi connectivity index (χ1v) is 10.3. The molecule has 2 nitrogen and oxygen atoms in total. The summed E-state index contributed by atoms with van der Waals surface area (Å²) in [6.07, 6.45) is 1.13. The van der Waals surface area contributed by atoms with Crippen LogP contribution in [-0.4, -0.2) is 6.61 Å². The first kappa shape index (κ1) is 21.5. The van der Waals surface area contributed by atoms with Gasteiger partial charge in [-0.2, -0.15) is 5.26 Å². The van der Waals surface area contributed by atoms with Crippen molar-refractivity contribution in [2.24, 2.45) is 0 Å². The standard InChI is InChI=1S/C27H20F3NO/c1-2-32-22-14-24(28)26(25(29)15-22)21-11-12-23-20(13-21)10-9-19(27(23)30)8-7-17-3-5-18(16-31)6-4-17/h3-6,9-15H,2,7-8H2,1H3. The number of nitrogens with zero attached hydrogens (tertiary/aromatic N) is 1. The number of halogens is 3. The fraction of sp³-hybridized carbons (Fsp3) is 0.148. The first-order valence-electron chi connectivity index (χ1n) is 10.3. The van der Waals surface area contributed by atoms with E-state index in [0.29, 0.717) is 46.9 Å². The highest BCUT2D eigenvalue weighted by atomic mass is 19.1. The summed E-state index contributed by atoms with van der Waals surface area (Å²) in [7, 11) is 0. The van der Waals surface area contributed by atoms with Gasteiger partial charge < -0.3 is 4.74 Å². The van der Waals surface area contributed by atoms with Crippen molar-refractivity contribution in [3.63, 3.8) is 0 Å². The number of fused-ring (bicyclic) bond motifs is 1. The maximum absolute atomic E-state index is 15.1. The van der Waals surface area contributed by atoms with E-state index < -0.39 is 11.6 Å². The highest BCUT2D eigenvalue weighted by Crippen LogP contribution is 2.33. The van der Waals surface area contributed by atoms with Crippen LogP contribution in [0.4, 0.5) is 13.2 Å². The molecular weight excluding hydrogens is 411 g/mol. The summed E-state index contributed by atoms with van der Waals surface area (Å²) in [5, 5.41) is 9.85. The van der Waals surface area contributed by atoms with Crippen LogP contribution in [0, 0.1) is 28.8 Å². The van der Waals surface area contributed by atoms with Crippen LogP contribution in [0.1, 0.15) is 23.6 Å². The lowest BCUT2D eigenvalue weighted by atomic mass is 9.96. The smallest absolute Gasteiger partial charge is 0.137 e. The van der Waals surface area contributed by atoms with Gasteiger partial charge >= 0.3 is 0 Å². The zero-order chi connectivity index (χ0) is 22.7. The normalized spacial score (nSPS) is 10.8. The van der Waals surface area contributed by atoms with E-state index in [9.17, 15) is 8.78 Å². The minimum Gasteiger partial charge on any atom is -0.494 e. The van der Waals surface area contributed by atoms with Crippen molar-refractivity contribution in [2.75, 3.05) is 6.61 Å². The van der Waals surface area contributed by atoms with Crippen molar-refractivity contribution >= 4 is 10.8 Å². The Labute approximate surface area is 184 Å². The second-order valence-corrected chi connectivity index (χ2v) is 7.48. The average molecular weight is 431 g/mol. The molecule has 4 aromatic rings. The van der Waals surface area contributed by atoms with Gasteiger partial charge in [-0.15, -0.1) is 0 Å². The Balaban J connectivity index is 1.62. The third-order valence-electron chi connectivity index (χ3n) is 5.42. The summed E-state index contributed by atoms with van der Waals surface area (Å²) in [5.74, 6) is -1.67. The van der Waals surface area contributed by atoms with E-state index in [4.69, 9.17) is 10.00 Å². The molecule has 0 bridgehead atoms. The second kappa shape index (κ2) is 9.15. The lowest BCUT2D eigenvalue weighted by molar-refractivity contribution is 0.336. The second-order valence-electron chi connectivity index (χ2n) is 7.48. The monoisotopic (exact) mass is 431 g/mol. The molecule has 0 saturated carbocycles. The Bertz CT molecular complexity index is 1300. The van der Waals surface area contributed by atoms with Crippen LogP contribution >= 0.6 is 0 Å². The zero-order valence-electron chi connectivity index (χ0n) is 17.5. The molecule has 0 N–H and O–H groups in total. The predicted molar refractivity (Wildman–Crippen MR) is 119 cm³/mol. The molecule has 32 heavy (non-hydrogen) atoms. The quantitative estimate of drug-likeness (QED) is 0.330.